The molecule has 7 aromatic carbocycles. The zero-order valence-corrected chi connectivity index (χ0v) is 25.3. The molecular weight excluding hydrogens is 610 g/mol. The number of aromatic nitrogens is 3. The van der Waals surface area contributed by atoms with E-state index in [0.717, 1.165) is 0 Å². The summed E-state index contributed by atoms with van der Waals surface area (Å²) < 4.78 is 124. The second kappa shape index (κ2) is 11.6. The van der Waals surface area contributed by atoms with Gasteiger partial charge in [0.15, 0.2) is 17.5 Å². The Morgan fingerprint density at radius 3 is 1.83 bits per heavy atom. The van der Waals surface area contributed by atoms with Crippen LogP contribution in [0.4, 0.5) is 0 Å². The third-order valence-electron chi connectivity index (χ3n) is 7.84. The molecule has 9 rings (SSSR count). The highest BCUT2D eigenvalue weighted by Crippen LogP contribution is 2.38. The van der Waals surface area contributed by atoms with Crippen molar-refractivity contribution in [2.45, 2.75) is 0 Å². The van der Waals surface area contributed by atoms with E-state index in [1.54, 1.807) is 60.7 Å². The zero-order chi connectivity index (χ0) is 44.2. The van der Waals surface area contributed by atoms with Crippen molar-refractivity contribution in [1.82, 2.24) is 15.0 Å². The molecule has 0 spiro atoms. The first-order chi connectivity index (χ1) is 29.5. The van der Waals surface area contributed by atoms with E-state index in [2.05, 4.69) is 0 Å². The van der Waals surface area contributed by atoms with Crippen LogP contribution in [0, 0.1) is 0 Å². The largest absolute Gasteiger partial charge is 0.456 e. The smallest absolute Gasteiger partial charge is 0.164 e. The highest BCUT2D eigenvalue weighted by molar-refractivity contribution is 6.31. The van der Waals surface area contributed by atoms with Crippen LogP contribution in [0.25, 0.3) is 89.1 Å². The van der Waals surface area contributed by atoms with Crippen molar-refractivity contribution in [3.8, 4) is 56.4 Å². The second-order valence-electron chi connectivity index (χ2n) is 10.7. The van der Waals surface area contributed by atoms with Crippen LogP contribution >= 0.6 is 11.6 Å². The molecule has 0 bridgehead atoms. The molecule has 0 aliphatic rings. The van der Waals surface area contributed by atoms with Crippen molar-refractivity contribution in [3.63, 3.8) is 0 Å². The number of halogens is 1. The van der Waals surface area contributed by atoms with Crippen molar-refractivity contribution in [3.05, 3.63) is 162 Å². The van der Waals surface area contributed by atoms with Gasteiger partial charge >= 0.3 is 0 Å². The summed E-state index contributed by atoms with van der Waals surface area (Å²) >= 11 is 6.26. The van der Waals surface area contributed by atoms with E-state index < -0.39 is 48.3 Å². The summed E-state index contributed by atoms with van der Waals surface area (Å²) in [6.45, 7) is 0. The number of hydrogen-bond acceptors (Lipinski definition) is 4. The first kappa shape index (κ1) is 17.2. The van der Waals surface area contributed by atoms with Crippen LogP contribution in [-0.2, 0) is 0 Å². The average Bonchev–Trinajstić information content (AvgIpc) is 3.64. The number of benzene rings is 7. The molecule has 0 aliphatic carbocycles. The molecule has 0 fully saturated rings. The average molecular weight is 650 g/mol. The molecule has 0 aliphatic heterocycles. The molecule has 0 amide bonds. The van der Waals surface area contributed by atoms with E-state index >= 15 is 0 Å². The Morgan fingerprint density at radius 2 is 1.10 bits per heavy atom. The molecule has 0 radical (unpaired) electrons. The van der Waals surface area contributed by atoms with Gasteiger partial charge < -0.3 is 4.42 Å². The maximum atomic E-state index is 9.13. The predicted molar refractivity (Wildman–Crippen MR) is 197 cm³/mol. The molecule has 226 valence electrons. The molecule has 4 nitrogen and oxygen atoms in total. The molecule has 9 aromatic rings. The summed E-state index contributed by atoms with van der Waals surface area (Å²) in [4.78, 5) is 14.5. The lowest BCUT2D eigenvalue weighted by Crippen LogP contribution is -2.00. The Bertz CT molecular complexity index is 3390. The molecule has 0 N–H and O–H groups in total. The van der Waals surface area contributed by atoms with E-state index in [1.165, 1.54) is 12.1 Å². The van der Waals surface area contributed by atoms with Crippen molar-refractivity contribution < 1.29 is 23.6 Å². The molecule has 5 heteroatoms. The van der Waals surface area contributed by atoms with E-state index in [9.17, 15) is 0 Å². The van der Waals surface area contributed by atoms with Crippen LogP contribution in [0.1, 0.15) is 19.2 Å². The van der Waals surface area contributed by atoms with Crippen LogP contribution in [-0.4, -0.2) is 15.0 Å². The molecule has 0 saturated carbocycles. The Balaban J connectivity index is 1.28. The van der Waals surface area contributed by atoms with E-state index in [4.69, 9.17) is 50.2 Å². The van der Waals surface area contributed by atoms with Gasteiger partial charge in [-0.1, -0.05) is 127 Å². The van der Waals surface area contributed by atoms with Gasteiger partial charge in [-0.15, -0.1) is 0 Å². The third-order valence-corrected chi connectivity index (χ3v) is 8.04. The minimum atomic E-state index is -0.535. The molecule has 2 aromatic heterocycles. The first-order valence-electron chi connectivity index (χ1n) is 21.6. The third kappa shape index (κ3) is 5.09. The van der Waals surface area contributed by atoms with E-state index in [1.807, 2.05) is 0 Å². The van der Waals surface area contributed by atoms with Gasteiger partial charge in [0, 0.05) is 38.5 Å². The van der Waals surface area contributed by atoms with Gasteiger partial charge in [0.25, 0.3) is 0 Å². The fraction of sp³-hybridized carbons (Fsp3) is 0. The fourth-order valence-corrected chi connectivity index (χ4v) is 5.75. The van der Waals surface area contributed by atoms with Gasteiger partial charge in [0.1, 0.15) is 11.2 Å². The Labute approximate surface area is 301 Å². The molecule has 48 heavy (non-hydrogen) atoms. The topological polar surface area (TPSA) is 51.8 Å². The zero-order valence-electron chi connectivity index (χ0n) is 38.6. The Kier molecular flexibility index (Phi) is 4.15. The summed E-state index contributed by atoms with van der Waals surface area (Å²) in [7, 11) is 0. The molecule has 0 unspecified atom stereocenters. The lowest BCUT2D eigenvalue weighted by atomic mass is 9.99. The van der Waals surface area contributed by atoms with Crippen LogP contribution in [0.3, 0.4) is 0 Å². The van der Waals surface area contributed by atoms with Crippen LogP contribution in [0.2, 0.25) is 5.02 Å². The second-order valence-corrected chi connectivity index (χ2v) is 11.1. The first-order valence-corrected chi connectivity index (χ1v) is 15.0. The number of furan rings is 1. The fourth-order valence-electron chi connectivity index (χ4n) is 5.61. The normalized spacial score (nSPS) is 15.5. The number of rotatable bonds is 5. The van der Waals surface area contributed by atoms with Gasteiger partial charge in [0.2, 0.25) is 0 Å². The SMILES string of the molecule is [2H]c1cc2c(oc3c([2H])cc([2H])c(-c4nc(-c5cccc(-c6c([2H])c([2H])c([2H])c([2H])c6[2H])c5)nc(-c5ccc6cc(-c7c([2H])c([2H])c([2H])c([2H])c7[2H])ccc6c5)n4)c32)c([2H])c1Cl. The standard InChI is InChI=1S/C43H26ClN3O/c44-35-21-22-36-39(26-35)48-38-16-8-15-37(40(36)38)43-46-41(33-14-7-13-29(24-33)27-9-3-1-4-10-27)45-42(47-43)34-20-19-31-23-30(17-18-32(31)25-34)28-11-5-2-6-12-28/h1-26H/i1D,2D,3D,4D,5D,6D,9D,10D,11D,12D,15D,16D,21D,26D. The predicted octanol–water partition coefficient (Wildman–Crippen LogP) is 11.9. The summed E-state index contributed by atoms with van der Waals surface area (Å²) in [6.07, 6.45) is 0. The minimum absolute atomic E-state index is 0.000293. The highest BCUT2D eigenvalue weighted by Gasteiger charge is 2.18. The minimum Gasteiger partial charge on any atom is -0.456 e. The van der Waals surface area contributed by atoms with Crippen molar-refractivity contribution in [2.24, 2.45) is 0 Å². The molecule has 0 atom stereocenters. The van der Waals surface area contributed by atoms with Gasteiger partial charge in [-0.05, 0) is 69.4 Å². The molecule has 2 heterocycles. The van der Waals surface area contributed by atoms with Crippen molar-refractivity contribution >= 4 is 44.3 Å². The molecule has 0 saturated heterocycles. The van der Waals surface area contributed by atoms with E-state index in [-0.39, 0.29) is 103 Å². The number of nitrogens with zero attached hydrogens (tertiary/aromatic N) is 3. The lowest BCUT2D eigenvalue weighted by Gasteiger charge is -2.11. The summed E-state index contributed by atoms with van der Waals surface area (Å²) in [5.41, 5.74) is 1.66. The van der Waals surface area contributed by atoms with Crippen molar-refractivity contribution in [1.29, 1.82) is 0 Å². The van der Waals surface area contributed by atoms with Crippen LogP contribution < -0.4 is 0 Å². The maximum absolute atomic E-state index is 9.13. The monoisotopic (exact) mass is 649 g/mol. The highest BCUT2D eigenvalue weighted by atomic mass is 35.5. The summed E-state index contributed by atoms with van der Waals surface area (Å²) in [5, 5.41) is 1.63. The van der Waals surface area contributed by atoms with Gasteiger partial charge in [-0.3, -0.25) is 0 Å². The van der Waals surface area contributed by atoms with Crippen molar-refractivity contribution in [2.75, 3.05) is 0 Å². The van der Waals surface area contributed by atoms with Gasteiger partial charge in [0.05, 0.1) is 19.2 Å². The quantitative estimate of drug-likeness (QED) is 0.186. The molecular formula is C43H26ClN3O. The summed E-state index contributed by atoms with van der Waals surface area (Å²) in [5.74, 6) is 0.146. The maximum Gasteiger partial charge on any atom is 0.164 e. The summed E-state index contributed by atoms with van der Waals surface area (Å²) in [6, 6.07) is 14.3. The number of hydrogen-bond donors (Lipinski definition) is 0. The van der Waals surface area contributed by atoms with Crippen LogP contribution in [0.5, 0.6) is 0 Å². The van der Waals surface area contributed by atoms with Gasteiger partial charge in [-0.25, -0.2) is 15.0 Å². The Morgan fingerprint density at radius 1 is 0.500 bits per heavy atom. The Hall–Kier alpha value is -6.10. The lowest BCUT2D eigenvalue weighted by molar-refractivity contribution is 0.669. The van der Waals surface area contributed by atoms with Gasteiger partial charge in [-0.2, -0.15) is 0 Å². The van der Waals surface area contributed by atoms with E-state index in [0.29, 0.717) is 27.5 Å². The van der Waals surface area contributed by atoms with Crippen LogP contribution in [0.15, 0.2) is 162 Å². The number of fused-ring (bicyclic) bond motifs is 4.